The molecule has 1 aromatic heterocycles. The molecule has 0 saturated heterocycles. The molecule has 60 valence electrons. The molecule has 0 atom stereocenters. The number of allylic oxidation sites excluding steroid dienone is 1. The second-order valence-electron chi connectivity index (χ2n) is 2.23. The number of rotatable bonds is 2. The zero-order chi connectivity index (χ0) is 8.43. The highest BCUT2D eigenvalue weighted by molar-refractivity contribution is 5.26. The standard InChI is InChI=1S/C7H10N2O2/c1-3-4-5-8-6(10)7(11)9(5)2/h3,10-11H,1,4H2,2H3. The zero-order valence-corrected chi connectivity index (χ0v) is 6.28. The van der Waals surface area contributed by atoms with Gasteiger partial charge in [0, 0.05) is 13.5 Å². The van der Waals surface area contributed by atoms with Gasteiger partial charge in [-0.25, -0.2) is 0 Å². The molecule has 4 heteroatoms. The van der Waals surface area contributed by atoms with Crippen LogP contribution < -0.4 is 0 Å². The van der Waals surface area contributed by atoms with Crippen LogP contribution in [0.4, 0.5) is 0 Å². The van der Waals surface area contributed by atoms with Gasteiger partial charge < -0.3 is 10.2 Å². The Balaban J connectivity index is 3.07. The lowest BCUT2D eigenvalue weighted by atomic mass is 10.4. The van der Waals surface area contributed by atoms with Crippen molar-refractivity contribution in [2.24, 2.45) is 7.05 Å². The number of hydrogen-bond donors (Lipinski definition) is 2. The fraction of sp³-hybridized carbons (Fsp3) is 0.286. The third-order valence-corrected chi connectivity index (χ3v) is 1.47. The molecule has 4 nitrogen and oxygen atoms in total. The van der Waals surface area contributed by atoms with Crippen LogP contribution >= 0.6 is 0 Å². The van der Waals surface area contributed by atoms with Gasteiger partial charge in [0.25, 0.3) is 11.8 Å². The van der Waals surface area contributed by atoms with Crippen molar-refractivity contribution in [3.63, 3.8) is 0 Å². The Morgan fingerprint density at radius 1 is 1.64 bits per heavy atom. The van der Waals surface area contributed by atoms with Crippen molar-refractivity contribution in [2.45, 2.75) is 6.42 Å². The van der Waals surface area contributed by atoms with Crippen LogP contribution in [-0.2, 0) is 13.5 Å². The van der Waals surface area contributed by atoms with E-state index in [0.29, 0.717) is 12.2 Å². The maximum absolute atomic E-state index is 9.07. The van der Waals surface area contributed by atoms with Crippen molar-refractivity contribution in [1.82, 2.24) is 9.55 Å². The molecular formula is C7H10N2O2. The smallest absolute Gasteiger partial charge is 0.275 e. The minimum atomic E-state index is -0.329. The predicted octanol–water partition coefficient (Wildman–Crippen LogP) is 0.560. The second kappa shape index (κ2) is 2.65. The van der Waals surface area contributed by atoms with Crippen LogP contribution in [0.1, 0.15) is 5.82 Å². The van der Waals surface area contributed by atoms with Gasteiger partial charge in [-0.05, 0) is 0 Å². The first kappa shape index (κ1) is 7.65. The summed E-state index contributed by atoms with van der Waals surface area (Å²) in [4.78, 5) is 3.70. The first-order valence-electron chi connectivity index (χ1n) is 3.21. The Bertz CT molecular complexity index is 278. The number of imidazole rings is 1. The normalized spacial score (nSPS) is 9.91. The van der Waals surface area contributed by atoms with Gasteiger partial charge in [0.2, 0.25) is 0 Å². The third kappa shape index (κ3) is 1.19. The lowest BCUT2D eigenvalue weighted by molar-refractivity contribution is 0.373. The molecule has 0 unspecified atom stereocenters. The van der Waals surface area contributed by atoms with Crippen LogP contribution in [0.25, 0.3) is 0 Å². The molecule has 11 heavy (non-hydrogen) atoms. The fourth-order valence-electron chi connectivity index (χ4n) is 0.831. The van der Waals surface area contributed by atoms with Gasteiger partial charge in [0.1, 0.15) is 5.82 Å². The SMILES string of the molecule is C=CCc1nc(O)c(O)n1C. The summed E-state index contributed by atoms with van der Waals surface area (Å²) in [5, 5.41) is 18.0. The Kier molecular flexibility index (Phi) is 1.85. The number of hydrogen-bond acceptors (Lipinski definition) is 3. The molecule has 0 fully saturated rings. The van der Waals surface area contributed by atoms with E-state index in [1.807, 2.05) is 0 Å². The van der Waals surface area contributed by atoms with Gasteiger partial charge in [-0.15, -0.1) is 6.58 Å². The molecule has 0 saturated carbocycles. The summed E-state index contributed by atoms with van der Waals surface area (Å²) in [5.74, 6) is 0.0567. The lowest BCUT2D eigenvalue weighted by Gasteiger charge is -1.96. The second-order valence-corrected chi connectivity index (χ2v) is 2.23. The van der Waals surface area contributed by atoms with E-state index in [1.165, 1.54) is 4.57 Å². The molecule has 0 spiro atoms. The van der Waals surface area contributed by atoms with E-state index in [4.69, 9.17) is 10.2 Å². The molecule has 1 aromatic rings. The molecule has 0 aliphatic carbocycles. The molecule has 1 heterocycles. The first-order valence-corrected chi connectivity index (χ1v) is 3.21. The third-order valence-electron chi connectivity index (χ3n) is 1.47. The van der Waals surface area contributed by atoms with Crippen LogP contribution in [0, 0.1) is 0 Å². The van der Waals surface area contributed by atoms with E-state index in [9.17, 15) is 0 Å². The highest BCUT2D eigenvalue weighted by Crippen LogP contribution is 2.23. The topological polar surface area (TPSA) is 58.3 Å². The predicted molar refractivity (Wildman–Crippen MR) is 40.4 cm³/mol. The first-order chi connectivity index (χ1) is 5.16. The van der Waals surface area contributed by atoms with E-state index in [1.54, 1.807) is 13.1 Å². The largest absolute Gasteiger partial charge is 0.491 e. The molecular weight excluding hydrogens is 144 g/mol. The van der Waals surface area contributed by atoms with Crippen LogP contribution in [0.3, 0.4) is 0 Å². The molecule has 0 aliphatic rings. The summed E-state index contributed by atoms with van der Waals surface area (Å²) < 4.78 is 1.41. The minimum Gasteiger partial charge on any atom is -0.491 e. The Morgan fingerprint density at radius 2 is 2.27 bits per heavy atom. The van der Waals surface area contributed by atoms with Crippen molar-refractivity contribution in [3.05, 3.63) is 18.5 Å². The lowest BCUT2D eigenvalue weighted by Crippen LogP contribution is -1.94. The minimum absolute atomic E-state index is 0.207. The molecule has 2 N–H and O–H groups in total. The number of aromatic nitrogens is 2. The summed E-state index contributed by atoms with van der Waals surface area (Å²) in [5.41, 5.74) is 0. The van der Waals surface area contributed by atoms with Crippen molar-refractivity contribution < 1.29 is 10.2 Å². The van der Waals surface area contributed by atoms with Crippen LogP contribution in [-0.4, -0.2) is 19.8 Å². The molecule has 0 aliphatic heterocycles. The van der Waals surface area contributed by atoms with Gasteiger partial charge in [0.05, 0.1) is 0 Å². The zero-order valence-electron chi connectivity index (χ0n) is 6.28. The maximum atomic E-state index is 9.07. The van der Waals surface area contributed by atoms with Crippen molar-refractivity contribution in [1.29, 1.82) is 0 Å². The Morgan fingerprint density at radius 3 is 2.64 bits per heavy atom. The van der Waals surface area contributed by atoms with Gasteiger partial charge in [-0.3, -0.25) is 4.57 Å². The van der Waals surface area contributed by atoms with Gasteiger partial charge in [0.15, 0.2) is 0 Å². The highest BCUT2D eigenvalue weighted by Gasteiger charge is 2.10. The molecule has 0 amide bonds. The molecule has 0 aromatic carbocycles. The van der Waals surface area contributed by atoms with Crippen molar-refractivity contribution in [2.75, 3.05) is 0 Å². The van der Waals surface area contributed by atoms with E-state index >= 15 is 0 Å². The molecule has 0 bridgehead atoms. The van der Waals surface area contributed by atoms with Crippen molar-refractivity contribution in [3.8, 4) is 11.8 Å². The van der Waals surface area contributed by atoms with Gasteiger partial charge >= 0.3 is 0 Å². The van der Waals surface area contributed by atoms with Crippen LogP contribution in [0.5, 0.6) is 11.8 Å². The highest BCUT2D eigenvalue weighted by atomic mass is 16.3. The fourth-order valence-corrected chi connectivity index (χ4v) is 0.831. The summed E-state index contributed by atoms with van der Waals surface area (Å²) in [6.45, 7) is 3.52. The maximum Gasteiger partial charge on any atom is 0.275 e. The van der Waals surface area contributed by atoms with Crippen LogP contribution in [0.15, 0.2) is 12.7 Å². The van der Waals surface area contributed by atoms with E-state index in [0.717, 1.165) is 0 Å². The molecule has 1 rings (SSSR count). The molecule has 0 radical (unpaired) electrons. The van der Waals surface area contributed by atoms with Gasteiger partial charge in [-0.1, -0.05) is 6.08 Å². The Hall–Kier alpha value is -1.45. The summed E-state index contributed by atoms with van der Waals surface area (Å²) in [6, 6.07) is 0. The quantitative estimate of drug-likeness (QED) is 0.612. The summed E-state index contributed by atoms with van der Waals surface area (Å²) >= 11 is 0. The summed E-state index contributed by atoms with van der Waals surface area (Å²) in [6.07, 6.45) is 2.19. The number of nitrogens with zero attached hydrogens (tertiary/aromatic N) is 2. The number of aromatic hydroxyl groups is 2. The average Bonchev–Trinajstić information content (AvgIpc) is 2.19. The van der Waals surface area contributed by atoms with E-state index in [2.05, 4.69) is 11.6 Å². The Labute approximate surface area is 64.4 Å². The van der Waals surface area contributed by atoms with Gasteiger partial charge in [-0.2, -0.15) is 4.98 Å². The average molecular weight is 154 g/mol. The monoisotopic (exact) mass is 154 g/mol. The van der Waals surface area contributed by atoms with Crippen LogP contribution in [0.2, 0.25) is 0 Å². The van der Waals surface area contributed by atoms with E-state index in [-0.39, 0.29) is 11.8 Å². The van der Waals surface area contributed by atoms with E-state index < -0.39 is 0 Å². The van der Waals surface area contributed by atoms with Crippen molar-refractivity contribution >= 4 is 0 Å². The summed E-state index contributed by atoms with van der Waals surface area (Å²) in [7, 11) is 1.63.